The second-order valence-electron chi connectivity index (χ2n) is 4.64. The highest BCUT2D eigenvalue weighted by Crippen LogP contribution is 2.22. The van der Waals surface area contributed by atoms with Crippen LogP contribution in [0.5, 0.6) is 0 Å². The Hall–Kier alpha value is -1.51. The fourth-order valence-electron chi connectivity index (χ4n) is 0.981. The van der Waals surface area contributed by atoms with Gasteiger partial charge in [-0.1, -0.05) is 0 Å². The lowest BCUT2D eigenvalue weighted by molar-refractivity contribution is -0.199. The third-order valence-electron chi connectivity index (χ3n) is 1.82. The summed E-state index contributed by atoms with van der Waals surface area (Å²) in [5.74, 6) is -1.46. The molecule has 0 saturated heterocycles. The number of carbonyl (C=O) groups is 2. The number of amides is 2. The number of alkyl carbamates (subject to hydrolysis) is 1. The summed E-state index contributed by atoms with van der Waals surface area (Å²) >= 11 is 0. The maximum atomic E-state index is 12.7. The number of nitrogens with one attached hydrogen (secondary N) is 1. The van der Waals surface area contributed by atoms with Crippen molar-refractivity contribution in [2.75, 3.05) is 14.2 Å². The monoisotopic (exact) mass is 286 g/mol. The maximum Gasteiger partial charge on any atom is 0.417 e. The molecule has 0 rings (SSSR count). The fraction of sp³-hybridized carbons (Fsp3) is 0.800. The van der Waals surface area contributed by atoms with Crippen LogP contribution in [0.15, 0.2) is 0 Å². The number of rotatable bonds is 3. The number of alkyl halides is 3. The topological polar surface area (TPSA) is 67.9 Å². The third-order valence-corrected chi connectivity index (χ3v) is 1.82. The molecule has 0 bridgehead atoms. The molecular formula is C10H17F3N2O4. The first-order valence-electron chi connectivity index (χ1n) is 5.26. The van der Waals surface area contributed by atoms with Gasteiger partial charge in [-0.3, -0.25) is 9.63 Å². The highest BCUT2D eigenvalue weighted by Gasteiger charge is 2.48. The largest absolute Gasteiger partial charge is 0.444 e. The van der Waals surface area contributed by atoms with Gasteiger partial charge in [0.05, 0.1) is 7.11 Å². The third kappa shape index (κ3) is 6.27. The minimum atomic E-state index is -4.96. The number of hydrogen-bond acceptors (Lipinski definition) is 4. The molecule has 2 amide bonds. The van der Waals surface area contributed by atoms with E-state index in [4.69, 9.17) is 0 Å². The molecule has 0 aromatic carbocycles. The van der Waals surface area contributed by atoms with Crippen LogP contribution in [-0.2, 0) is 14.4 Å². The number of halogens is 3. The van der Waals surface area contributed by atoms with Gasteiger partial charge in [0, 0.05) is 7.05 Å². The lowest BCUT2D eigenvalue weighted by atomic mass is 10.2. The summed E-state index contributed by atoms with van der Waals surface area (Å²) in [5.41, 5.74) is -0.976. The Bertz CT molecular complexity index is 339. The van der Waals surface area contributed by atoms with Crippen molar-refractivity contribution in [3.8, 4) is 0 Å². The van der Waals surface area contributed by atoms with Gasteiger partial charge < -0.3 is 10.1 Å². The number of nitrogens with zero attached hydrogens (tertiary/aromatic N) is 1. The number of ether oxygens (including phenoxy) is 1. The van der Waals surface area contributed by atoms with Gasteiger partial charge in [0.25, 0.3) is 5.91 Å². The van der Waals surface area contributed by atoms with Crippen molar-refractivity contribution in [1.82, 2.24) is 10.4 Å². The second-order valence-corrected chi connectivity index (χ2v) is 4.64. The Morgan fingerprint density at radius 3 is 2.00 bits per heavy atom. The molecule has 0 aliphatic rings. The van der Waals surface area contributed by atoms with Crippen LogP contribution >= 0.6 is 0 Å². The Balaban J connectivity index is 4.91. The summed E-state index contributed by atoms with van der Waals surface area (Å²) in [6.07, 6.45) is -6.30. The van der Waals surface area contributed by atoms with Crippen molar-refractivity contribution >= 4 is 12.0 Å². The Labute approximate surface area is 108 Å². The predicted octanol–water partition coefficient (Wildman–Crippen LogP) is 1.46. The molecule has 112 valence electrons. The number of hydroxylamine groups is 2. The normalized spacial score (nSPS) is 13.7. The van der Waals surface area contributed by atoms with Crippen LogP contribution in [0, 0.1) is 0 Å². The minimum absolute atomic E-state index is 0.371. The maximum absolute atomic E-state index is 12.7. The van der Waals surface area contributed by atoms with Crippen molar-refractivity contribution in [2.45, 2.75) is 38.6 Å². The van der Waals surface area contributed by atoms with Crippen molar-refractivity contribution in [1.29, 1.82) is 0 Å². The first-order chi connectivity index (χ1) is 8.38. The molecule has 0 heterocycles. The van der Waals surface area contributed by atoms with Gasteiger partial charge in [-0.05, 0) is 20.8 Å². The summed E-state index contributed by atoms with van der Waals surface area (Å²) in [5, 5.41) is 1.84. The molecule has 0 spiro atoms. The molecule has 1 atom stereocenters. The highest BCUT2D eigenvalue weighted by molar-refractivity contribution is 5.85. The molecule has 0 saturated carbocycles. The SMILES string of the molecule is CON(C)C(=O)C(NC(=O)OC(C)(C)C)C(F)(F)F. The van der Waals surface area contributed by atoms with Crippen LogP contribution < -0.4 is 5.32 Å². The van der Waals surface area contributed by atoms with Gasteiger partial charge in [-0.25, -0.2) is 9.86 Å². The first kappa shape index (κ1) is 17.5. The van der Waals surface area contributed by atoms with Crippen molar-refractivity contribution < 1.29 is 32.3 Å². The van der Waals surface area contributed by atoms with Crippen LogP contribution in [0.2, 0.25) is 0 Å². The molecular weight excluding hydrogens is 269 g/mol. The van der Waals surface area contributed by atoms with E-state index in [1.807, 2.05) is 0 Å². The Morgan fingerprint density at radius 2 is 1.68 bits per heavy atom. The quantitative estimate of drug-likeness (QED) is 0.798. The summed E-state index contributed by atoms with van der Waals surface area (Å²) < 4.78 is 42.7. The zero-order valence-corrected chi connectivity index (χ0v) is 11.3. The van der Waals surface area contributed by atoms with Crippen molar-refractivity contribution in [2.24, 2.45) is 0 Å². The van der Waals surface area contributed by atoms with Gasteiger partial charge in [0.15, 0.2) is 0 Å². The zero-order chi connectivity index (χ0) is 15.4. The number of hydrogen-bond donors (Lipinski definition) is 1. The first-order valence-corrected chi connectivity index (χ1v) is 5.26. The summed E-state index contributed by atoms with van der Waals surface area (Å²) in [7, 11) is 2.02. The van der Waals surface area contributed by atoms with E-state index in [-0.39, 0.29) is 0 Å². The molecule has 0 aromatic rings. The molecule has 0 aliphatic carbocycles. The zero-order valence-electron chi connectivity index (χ0n) is 11.3. The van der Waals surface area contributed by atoms with Crippen LogP contribution in [-0.4, -0.2) is 49.0 Å². The molecule has 1 unspecified atom stereocenters. The lowest BCUT2D eigenvalue weighted by Gasteiger charge is -2.26. The average Bonchev–Trinajstić information content (AvgIpc) is 2.19. The van der Waals surface area contributed by atoms with E-state index in [1.165, 1.54) is 26.1 Å². The highest BCUT2D eigenvalue weighted by atomic mass is 19.4. The molecule has 0 aromatic heterocycles. The summed E-state index contributed by atoms with van der Waals surface area (Å²) in [6, 6.07) is -2.73. The smallest absolute Gasteiger partial charge is 0.417 e. The van der Waals surface area contributed by atoms with E-state index in [1.54, 1.807) is 0 Å². The van der Waals surface area contributed by atoms with Gasteiger partial charge >= 0.3 is 12.3 Å². The van der Waals surface area contributed by atoms with Crippen LogP contribution in [0.3, 0.4) is 0 Å². The lowest BCUT2D eigenvalue weighted by Crippen LogP contribution is -2.55. The van der Waals surface area contributed by atoms with E-state index in [0.29, 0.717) is 5.06 Å². The summed E-state index contributed by atoms with van der Waals surface area (Å²) in [4.78, 5) is 27.1. The standard InChI is InChI=1S/C10H17F3N2O4/c1-9(2,3)19-8(17)14-6(10(11,12)13)7(16)15(4)18-5/h6H,1-5H3,(H,14,17). The van der Waals surface area contributed by atoms with Gasteiger partial charge in [0.1, 0.15) is 5.60 Å². The molecule has 0 aliphatic heterocycles. The van der Waals surface area contributed by atoms with E-state index in [2.05, 4.69) is 9.57 Å². The Kier molecular flexibility index (Phi) is 5.61. The van der Waals surface area contributed by atoms with Gasteiger partial charge in [-0.15, -0.1) is 0 Å². The van der Waals surface area contributed by atoms with Crippen LogP contribution in [0.1, 0.15) is 20.8 Å². The average molecular weight is 286 g/mol. The molecule has 9 heteroatoms. The second kappa shape index (κ2) is 6.09. The van der Waals surface area contributed by atoms with Gasteiger partial charge in [0.2, 0.25) is 6.04 Å². The van der Waals surface area contributed by atoms with E-state index in [9.17, 15) is 22.8 Å². The van der Waals surface area contributed by atoms with Crippen LogP contribution in [0.25, 0.3) is 0 Å². The minimum Gasteiger partial charge on any atom is -0.444 e. The Morgan fingerprint density at radius 1 is 1.21 bits per heavy atom. The van der Waals surface area contributed by atoms with E-state index >= 15 is 0 Å². The van der Waals surface area contributed by atoms with Crippen molar-refractivity contribution in [3.63, 3.8) is 0 Å². The molecule has 6 nitrogen and oxygen atoms in total. The summed E-state index contributed by atoms with van der Waals surface area (Å²) in [6.45, 7) is 4.45. The van der Waals surface area contributed by atoms with Crippen LogP contribution in [0.4, 0.5) is 18.0 Å². The molecule has 1 N–H and O–H groups in total. The number of carbonyl (C=O) groups excluding carboxylic acids is 2. The van der Waals surface area contributed by atoms with E-state index in [0.717, 1.165) is 14.2 Å². The van der Waals surface area contributed by atoms with E-state index < -0.39 is 29.8 Å². The molecule has 0 radical (unpaired) electrons. The molecule has 0 fully saturated rings. The molecule has 19 heavy (non-hydrogen) atoms. The fourth-order valence-corrected chi connectivity index (χ4v) is 0.981. The van der Waals surface area contributed by atoms with Crippen molar-refractivity contribution in [3.05, 3.63) is 0 Å². The number of likely N-dealkylation sites (N-methyl/N-ethyl adjacent to an activating group) is 1. The van der Waals surface area contributed by atoms with Gasteiger partial charge in [-0.2, -0.15) is 13.2 Å². The predicted molar refractivity (Wildman–Crippen MR) is 59.0 cm³/mol.